The van der Waals surface area contributed by atoms with Crippen molar-refractivity contribution >= 4 is 39.8 Å². The summed E-state index contributed by atoms with van der Waals surface area (Å²) in [7, 11) is 0. The Morgan fingerprint density at radius 1 is 1.30 bits per heavy atom. The molecule has 1 aliphatic rings. The molecule has 6 nitrogen and oxygen atoms in total. The van der Waals surface area contributed by atoms with E-state index in [1.54, 1.807) is 0 Å². The minimum atomic E-state index is -0.175. The van der Waals surface area contributed by atoms with E-state index < -0.39 is 0 Å². The van der Waals surface area contributed by atoms with Crippen LogP contribution in [0.4, 0.5) is 10.8 Å². The maximum atomic E-state index is 12.4. The third-order valence-corrected chi connectivity index (χ3v) is 5.39. The number of ether oxygens (including phenoxy) is 1. The summed E-state index contributed by atoms with van der Waals surface area (Å²) in [6.45, 7) is 4.48. The first kappa shape index (κ1) is 16.2. The summed E-state index contributed by atoms with van der Waals surface area (Å²) in [4.78, 5) is 14.2. The van der Waals surface area contributed by atoms with Gasteiger partial charge in [0.25, 0.3) is 0 Å². The fraction of sp³-hybridized carbons (Fsp3) is 0.400. The maximum Gasteiger partial charge on any atom is 0.236 e. The van der Waals surface area contributed by atoms with Gasteiger partial charge < -0.3 is 15.0 Å². The van der Waals surface area contributed by atoms with Crippen LogP contribution >= 0.6 is 23.1 Å². The van der Waals surface area contributed by atoms with Crippen LogP contribution in [-0.4, -0.2) is 52.6 Å². The normalized spacial score (nSPS) is 16.1. The second-order valence-corrected chi connectivity index (χ2v) is 7.63. The number of benzene rings is 1. The van der Waals surface area contributed by atoms with Crippen LogP contribution in [0.2, 0.25) is 0 Å². The summed E-state index contributed by atoms with van der Waals surface area (Å²) >= 11 is 2.90. The van der Waals surface area contributed by atoms with Crippen LogP contribution in [0.1, 0.15) is 6.92 Å². The van der Waals surface area contributed by atoms with Crippen LogP contribution in [-0.2, 0) is 9.53 Å². The zero-order valence-corrected chi connectivity index (χ0v) is 14.4. The lowest BCUT2D eigenvalue weighted by atomic mass is 10.3. The molecule has 0 radical (unpaired) electrons. The molecule has 1 aromatic heterocycles. The molecule has 1 aromatic carbocycles. The van der Waals surface area contributed by atoms with Crippen molar-refractivity contribution in [3.8, 4) is 0 Å². The van der Waals surface area contributed by atoms with Crippen molar-refractivity contribution in [1.29, 1.82) is 0 Å². The molecule has 1 aliphatic heterocycles. The van der Waals surface area contributed by atoms with Crippen LogP contribution in [0.3, 0.4) is 0 Å². The van der Waals surface area contributed by atoms with E-state index in [-0.39, 0.29) is 11.2 Å². The summed E-state index contributed by atoms with van der Waals surface area (Å²) < 4.78 is 6.07. The molecule has 122 valence electrons. The molecule has 0 spiro atoms. The van der Waals surface area contributed by atoms with Gasteiger partial charge in [0, 0.05) is 18.8 Å². The Labute approximate surface area is 143 Å². The average molecular weight is 350 g/mol. The van der Waals surface area contributed by atoms with Crippen LogP contribution in [0.25, 0.3) is 0 Å². The highest BCUT2D eigenvalue weighted by atomic mass is 32.2. The van der Waals surface area contributed by atoms with Crippen LogP contribution < -0.4 is 5.32 Å². The molecule has 1 fully saturated rings. The predicted molar refractivity (Wildman–Crippen MR) is 92.4 cm³/mol. The first-order valence-corrected chi connectivity index (χ1v) is 9.11. The molecule has 1 saturated heterocycles. The van der Waals surface area contributed by atoms with Crippen molar-refractivity contribution in [2.24, 2.45) is 0 Å². The van der Waals surface area contributed by atoms with Crippen LogP contribution in [0.15, 0.2) is 34.7 Å². The van der Waals surface area contributed by atoms with Gasteiger partial charge in [-0.05, 0) is 19.1 Å². The van der Waals surface area contributed by atoms with Gasteiger partial charge in [-0.2, -0.15) is 0 Å². The topological polar surface area (TPSA) is 67.4 Å². The second-order valence-electron chi connectivity index (χ2n) is 5.06. The molecule has 23 heavy (non-hydrogen) atoms. The molecule has 2 aromatic rings. The van der Waals surface area contributed by atoms with Crippen molar-refractivity contribution < 1.29 is 9.53 Å². The highest BCUT2D eigenvalue weighted by Gasteiger charge is 2.24. The predicted octanol–water partition coefficient (Wildman–Crippen LogP) is 2.62. The third kappa shape index (κ3) is 4.43. The van der Waals surface area contributed by atoms with Crippen molar-refractivity contribution in [2.75, 3.05) is 31.6 Å². The Kier molecular flexibility index (Phi) is 5.47. The van der Waals surface area contributed by atoms with Crippen LogP contribution in [0.5, 0.6) is 0 Å². The van der Waals surface area contributed by atoms with Gasteiger partial charge in [-0.15, -0.1) is 10.2 Å². The standard InChI is InChI=1S/C15H18N4O2S2/c1-11(13(20)19-7-9-21-10-8-19)22-15-18-17-14(23-15)16-12-5-3-2-4-6-12/h2-6,11H,7-10H2,1H3,(H,16,17). The molecule has 1 atom stereocenters. The number of thioether (sulfide) groups is 1. The zero-order chi connectivity index (χ0) is 16.1. The Balaban J connectivity index is 1.56. The molecule has 0 aliphatic carbocycles. The smallest absolute Gasteiger partial charge is 0.236 e. The first-order valence-electron chi connectivity index (χ1n) is 7.41. The van der Waals surface area contributed by atoms with E-state index in [4.69, 9.17) is 4.74 Å². The number of rotatable bonds is 5. The summed E-state index contributed by atoms with van der Waals surface area (Å²) in [6.07, 6.45) is 0. The van der Waals surface area contributed by atoms with E-state index in [0.717, 1.165) is 15.2 Å². The molecule has 2 heterocycles. The number of para-hydroxylation sites is 1. The van der Waals surface area contributed by atoms with Crippen molar-refractivity contribution in [2.45, 2.75) is 16.5 Å². The van der Waals surface area contributed by atoms with E-state index in [2.05, 4.69) is 15.5 Å². The molecule has 0 bridgehead atoms. The lowest BCUT2D eigenvalue weighted by Gasteiger charge is -2.28. The number of nitrogens with zero attached hydrogens (tertiary/aromatic N) is 3. The number of anilines is 2. The molecule has 1 amide bonds. The molecule has 3 rings (SSSR count). The van der Waals surface area contributed by atoms with Crippen molar-refractivity contribution in [3.05, 3.63) is 30.3 Å². The van der Waals surface area contributed by atoms with E-state index in [1.807, 2.05) is 42.2 Å². The SMILES string of the molecule is CC(Sc1nnc(Nc2ccccc2)s1)C(=O)N1CCOCC1. The minimum absolute atomic E-state index is 0.131. The number of hydrogen-bond acceptors (Lipinski definition) is 7. The lowest BCUT2D eigenvalue weighted by Crippen LogP contribution is -2.44. The molecular formula is C15H18N4O2S2. The van der Waals surface area contributed by atoms with Gasteiger partial charge in [-0.1, -0.05) is 41.3 Å². The van der Waals surface area contributed by atoms with Gasteiger partial charge in [-0.25, -0.2) is 0 Å². The fourth-order valence-electron chi connectivity index (χ4n) is 2.20. The number of nitrogens with one attached hydrogen (secondary N) is 1. The fourth-order valence-corrected chi connectivity index (χ4v) is 4.20. The average Bonchev–Trinajstić information content (AvgIpc) is 3.02. The Hall–Kier alpha value is -1.64. The summed E-state index contributed by atoms with van der Waals surface area (Å²) in [6, 6.07) is 9.83. The summed E-state index contributed by atoms with van der Waals surface area (Å²) in [5, 5.41) is 12.0. The van der Waals surface area contributed by atoms with Gasteiger partial charge in [-0.3, -0.25) is 4.79 Å². The third-order valence-electron chi connectivity index (χ3n) is 3.38. The molecule has 0 saturated carbocycles. The number of amides is 1. The highest BCUT2D eigenvalue weighted by Crippen LogP contribution is 2.31. The summed E-state index contributed by atoms with van der Waals surface area (Å²) in [5.74, 6) is 0.131. The Bertz CT molecular complexity index is 644. The van der Waals surface area contributed by atoms with E-state index in [1.165, 1.54) is 23.1 Å². The van der Waals surface area contributed by atoms with E-state index in [9.17, 15) is 4.79 Å². The number of carbonyl (C=O) groups excluding carboxylic acids is 1. The maximum absolute atomic E-state index is 12.4. The number of hydrogen-bond donors (Lipinski definition) is 1. The molecular weight excluding hydrogens is 332 g/mol. The van der Waals surface area contributed by atoms with Gasteiger partial charge >= 0.3 is 0 Å². The first-order chi connectivity index (χ1) is 11.2. The van der Waals surface area contributed by atoms with Gasteiger partial charge in [0.2, 0.25) is 11.0 Å². The minimum Gasteiger partial charge on any atom is -0.378 e. The van der Waals surface area contributed by atoms with E-state index in [0.29, 0.717) is 26.3 Å². The number of aromatic nitrogens is 2. The van der Waals surface area contributed by atoms with Crippen molar-refractivity contribution in [1.82, 2.24) is 15.1 Å². The largest absolute Gasteiger partial charge is 0.378 e. The number of morpholine rings is 1. The Morgan fingerprint density at radius 2 is 2.04 bits per heavy atom. The van der Waals surface area contributed by atoms with Gasteiger partial charge in [0.1, 0.15) is 0 Å². The zero-order valence-electron chi connectivity index (χ0n) is 12.8. The lowest BCUT2D eigenvalue weighted by molar-refractivity contribution is -0.134. The monoisotopic (exact) mass is 350 g/mol. The summed E-state index contributed by atoms with van der Waals surface area (Å²) in [5.41, 5.74) is 0.970. The highest BCUT2D eigenvalue weighted by molar-refractivity contribution is 8.02. The van der Waals surface area contributed by atoms with E-state index >= 15 is 0 Å². The van der Waals surface area contributed by atoms with Crippen LogP contribution in [0, 0.1) is 0 Å². The number of carbonyl (C=O) groups is 1. The Morgan fingerprint density at radius 3 is 2.78 bits per heavy atom. The van der Waals surface area contributed by atoms with Crippen molar-refractivity contribution in [3.63, 3.8) is 0 Å². The van der Waals surface area contributed by atoms with Gasteiger partial charge in [0.05, 0.1) is 18.5 Å². The second kappa shape index (κ2) is 7.76. The van der Waals surface area contributed by atoms with Gasteiger partial charge in [0.15, 0.2) is 4.34 Å². The molecule has 1 unspecified atom stereocenters. The molecule has 1 N–H and O–H groups in total. The quantitative estimate of drug-likeness (QED) is 0.836. The molecule has 8 heteroatoms.